The average Bonchev–Trinajstić information content (AvgIpc) is 2.76. The predicted octanol–water partition coefficient (Wildman–Crippen LogP) is 2.05. The molecule has 0 unspecified atom stereocenters. The summed E-state index contributed by atoms with van der Waals surface area (Å²) in [6.45, 7) is 3.94. The number of amidine groups is 1. The molecule has 0 amide bonds. The van der Waals surface area contributed by atoms with Crippen LogP contribution in [0.25, 0.3) is 0 Å². The van der Waals surface area contributed by atoms with E-state index in [1.165, 1.54) is 0 Å². The summed E-state index contributed by atoms with van der Waals surface area (Å²) in [7, 11) is 0. The first-order valence-electron chi connectivity index (χ1n) is 5.16. The highest BCUT2D eigenvalue weighted by Gasteiger charge is 2.22. The molecule has 6 heteroatoms. The third-order valence-electron chi connectivity index (χ3n) is 2.46. The number of nitrogens with one attached hydrogen (secondary N) is 1. The number of oxime groups is 1. The third kappa shape index (κ3) is 3.77. The number of rotatable bonds is 6. The maximum Gasteiger partial charge on any atom is 0.165 e. The van der Waals surface area contributed by atoms with Crippen LogP contribution >= 0.6 is 11.8 Å². The second-order valence-electron chi connectivity index (χ2n) is 4.22. The number of hydrogen-bond donors (Lipinski definition) is 3. The molecule has 0 bridgehead atoms. The lowest BCUT2D eigenvalue weighted by molar-refractivity contribution is 0.305. The summed E-state index contributed by atoms with van der Waals surface area (Å²) in [5.74, 6) is 1.26. The lowest BCUT2D eigenvalue weighted by atomic mass is 9.87. The Morgan fingerprint density at radius 3 is 3.00 bits per heavy atom. The molecule has 0 atom stereocenters. The Labute approximate surface area is 99.5 Å². The zero-order chi connectivity index (χ0) is 12.0. The summed E-state index contributed by atoms with van der Waals surface area (Å²) in [6, 6.07) is 0. The van der Waals surface area contributed by atoms with E-state index in [0.29, 0.717) is 0 Å². The van der Waals surface area contributed by atoms with Crippen molar-refractivity contribution in [1.82, 2.24) is 9.97 Å². The molecule has 5 nitrogen and oxygen atoms in total. The molecule has 4 N–H and O–H groups in total. The van der Waals surface area contributed by atoms with Crippen LogP contribution in [0, 0.1) is 5.41 Å². The van der Waals surface area contributed by atoms with Gasteiger partial charge in [0.1, 0.15) is 5.84 Å². The number of H-pyrrole nitrogens is 1. The van der Waals surface area contributed by atoms with Gasteiger partial charge in [-0.1, -0.05) is 30.8 Å². The highest BCUT2D eigenvalue weighted by Crippen LogP contribution is 2.24. The summed E-state index contributed by atoms with van der Waals surface area (Å²) in [5.41, 5.74) is 5.35. The molecule has 0 fully saturated rings. The fourth-order valence-corrected chi connectivity index (χ4v) is 2.04. The first-order valence-corrected chi connectivity index (χ1v) is 6.15. The largest absolute Gasteiger partial charge is 0.409 e. The number of aromatic amines is 1. The maximum absolute atomic E-state index is 8.62. The van der Waals surface area contributed by atoms with Crippen LogP contribution in [-0.4, -0.2) is 26.8 Å². The van der Waals surface area contributed by atoms with Crippen molar-refractivity contribution in [2.75, 3.05) is 5.75 Å². The number of aromatic nitrogens is 2. The molecule has 0 aromatic carbocycles. The lowest BCUT2D eigenvalue weighted by Gasteiger charge is -2.22. The summed E-state index contributed by atoms with van der Waals surface area (Å²) >= 11 is 1.68. The number of thioether (sulfide) groups is 1. The van der Waals surface area contributed by atoms with Crippen LogP contribution in [0.1, 0.15) is 26.7 Å². The fraction of sp³-hybridized carbons (Fsp3) is 0.600. The van der Waals surface area contributed by atoms with E-state index in [1.54, 1.807) is 18.0 Å². The molecule has 0 saturated heterocycles. The first-order chi connectivity index (χ1) is 7.56. The van der Waals surface area contributed by atoms with Crippen LogP contribution in [0.3, 0.4) is 0 Å². The van der Waals surface area contributed by atoms with Crippen molar-refractivity contribution in [3.05, 3.63) is 12.4 Å². The Morgan fingerprint density at radius 2 is 2.44 bits per heavy atom. The van der Waals surface area contributed by atoms with Crippen molar-refractivity contribution in [3.63, 3.8) is 0 Å². The van der Waals surface area contributed by atoms with Gasteiger partial charge in [0.2, 0.25) is 0 Å². The van der Waals surface area contributed by atoms with E-state index in [0.717, 1.165) is 23.8 Å². The molecule has 1 aromatic heterocycles. The van der Waals surface area contributed by atoms with E-state index >= 15 is 0 Å². The van der Waals surface area contributed by atoms with Gasteiger partial charge in [0.25, 0.3) is 0 Å². The minimum absolute atomic E-state index is 0.252. The van der Waals surface area contributed by atoms with Gasteiger partial charge in [-0.2, -0.15) is 0 Å². The number of nitrogens with zero attached hydrogens (tertiary/aromatic N) is 2. The zero-order valence-electron chi connectivity index (χ0n) is 9.60. The van der Waals surface area contributed by atoms with E-state index in [-0.39, 0.29) is 11.3 Å². The highest BCUT2D eigenvalue weighted by molar-refractivity contribution is 7.99. The molecule has 0 aliphatic carbocycles. The van der Waals surface area contributed by atoms with Crippen molar-refractivity contribution < 1.29 is 5.21 Å². The van der Waals surface area contributed by atoms with E-state index in [9.17, 15) is 0 Å². The van der Waals surface area contributed by atoms with Crippen LogP contribution in [0.15, 0.2) is 22.7 Å². The van der Waals surface area contributed by atoms with Crippen LogP contribution in [0.5, 0.6) is 0 Å². The van der Waals surface area contributed by atoms with Gasteiger partial charge in [-0.15, -0.1) is 0 Å². The van der Waals surface area contributed by atoms with E-state index in [1.807, 2.05) is 20.0 Å². The Balaban J connectivity index is 2.25. The molecule has 0 aliphatic heterocycles. The smallest absolute Gasteiger partial charge is 0.165 e. The maximum atomic E-state index is 8.62. The predicted molar refractivity (Wildman–Crippen MR) is 65.7 cm³/mol. The molecular weight excluding hydrogens is 224 g/mol. The van der Waals surface area contributed by atoms with Crippen molar-refractivity contribution in [3.8, 4) is 0 Å². The third-order valence-corrected chi connectivity index (χ3v) is 3.45. The zero-order valence-corrected chi connectivity index (χ0v) is 10.4. The molecule has 16 heavy (non-hydrogen) atoms. The molecule has 1 aromatic rings. The van der Waals surface area contributed by atoms with Crippen molar-refractivity contribution in [1.29, 1.82) is 0 Å². The minimum atomic E-state index is -0.252. The van der Waals surface area contributed by atoms with Gasteiger partial charge in [0.15, 0.2) is 5.16 Å². The van der Waals surface area contributed by atoms with Gasteiger partial charge >= 0.3 is 0 Å². The van der Waals surface area contributed by atoms with Crippen LogP contribution in [0.4, 0.5) is 0 Å². The molecule has 0 spiro atoms. The topological polar surface area (TPSA) is 87.3 Å². The molecule has 1 rings (SSSR count). The molecule has 1 heterocycles. The Morgan fingerprint density at radius 1 is 1.69 bits per heavy atom. The normalized spacial score (nSPS) is 13.0. The standard InChI is InChI=1S/C10H18N4OS/c1-10(2,8(11)14-15)4-3-7-16-9-12-5-6-13-9/h5-6,15H,3-4,7H2,1-2H3,(H2,11,14)(H,12,13). The lowest BCUT2D eigenvalue weighted by Crippen LogP contribution is -2.31. The van der Waals surface area contributed by atoms with Crippen LogP contribution in [-0.2, 0) is 0 Å². The van der Waals surface area contributed by atoms with Gasteiger partial charge in [-0.05, 0) is 12.8 Å². The summed E-state index contributed by atoms with van der Waals surface area (Å²) in [5, 5.41) is 12.6. The Bertz CT molecular complexity index is 335. The molecule has 0 aliphatic rings. The summed E-state index contributed by atoms with van der Waals surface area (Å²) < 4.78 is 0. The van der Waals surface area contributed by atoms with Crippen molar-refractivity contribution >= 4 is 17.6 Å². The van der Waals surface area contributed by atoms with Gasteiger partial charge in [0.05, 0.1) is 0 Å². The Hall–Kier alpha value is -1.17. The second kappa shape index (κ2) is 5.79. The molecule has 0 saturated carbocycles. The van der Waals surface area contributed by atoms with Gasteiger partial charge < -0.3 is 15.9 Å². The second-order valence-corrected chi connectivity index (χ2v) is 5.30. The highest BCUT2D eigenvalue weighted by atomic mass is 32.2. The minimum Gasteiger partial charge on any atom is -0.409 e. The number of nitrogens with two attached hydrogens (primary N) is 1. The molecular formula is C10H18N4OS. The average molecular weight is 242 g/mol. The van der Waals surface area contributed by atoms with Crippen molar-refractivity contribution in [2.45, 2.75) is 31.8 Å². The molecule has 0 radical (unpaired) electrons. The van der Waals surface area contributed by atoms with E-state index in [4.69, 9.17) is 10.9 Å². The quantitative estimate of drug-likeness (QED) is 0.178. The fourth-order valence-electron chi connectivity index (χ4n) is 1.28. The Kier molecular flexibility index (Phi) is 4.67. The van der Waals surface area contributed by atoms with E-state index < -0.39 is 0 Å². The van der Waals surface area contributed by atoms with Crippen LogP contribution < -0.4 is 5.73 Å². The van der Waals surface area contributed by atoms with E-state index in [2.05, 4.69) is 15.1 Å². The number of imidazole rings is 1. The summed E-state index contributed by atoms with van der Waals surface area (Å²) in [4.78, 5) is 7.15. The van der Waals surface area contributed by atoms with Crippen LogP contribution in [0.2, 0.25) is 0 Å². The SMILES string of the molecule is CC(C)(CCCSc1ncc[nH]1)/C(N)=N/O. The van der Waals surface area contributed by atoms with Crippen molar-refractivity contribution in [2.24, 2.45) is 16.3 Å². The monoisotopic (exact) mass is 242 g/mol. The van der Waals surface area contributed by atoms with Gasteiger partial charge in [0, 0.05) is 23.6 Å². The number of hydrogen-bond acceptors (Lipinski definition) is 4. The van der Waals surface area contributed by atoms with Gasteiger partial charge in [-0.25, -0.2) is 4.98 Å². The first kappa shape index (κ1) is 12.9. The molecule has 90 valence electrons. The van der Waals surface area contributed by atoms with Gasteiger partial charge in [-0.3, -0.25) is 0 Å². The summed E-state index contributed by atoms with van der Waals surface area (Å²) in [6.07, 6.45) is 5.43.